The van der Waals surface area contributed by atoms with E-state index in [0.717, 1.165) is 17.0 Å². The van der Waals surface area contributed by atoms with E-state index in [0.29, 0.717) is 6.04 Å². The normalized spacial score (nSPS) is 16.3. The van der Waals surface area contributed by atoms with Gasteiger partial charge in [-0.1, -0.05) is 17.3 Å². The summed E-state index contributed by atoms with van der Waals surface area (Å²) in [6, 6.07) is 8.98. The minimum atomic E-state index is -0.242. The lowest BCUT2D eigenvalue weighted by atomic mass is 9.93. The Morgan fingerprint density at radius 2 is 2.09 bits per heavy atom. The van der Waals surface area contributed by atoms with Gasteiger partial charge in [0.15, 0.2) is 0 Å². The second-order valence-electron chi connectivity index (χ2n) is 6.08. The standard InChI is InChI=1S/C17H18FN5/c1-12(13-4-2-5-14(18)10-13)23-11-17(19-21-23)16-8-9-22(20-16)15-6-3-7-15/h2,4-5,8-12,15H,3,6-7H2,1H3/t12-/m1/s1. The monoisotopic (exact) mass is 311 g/mol. The van der Waals surface area contributed by atoms with Crippen LogP contribution in [0.3, 0.4) is 0 Å². The lowest BCUT2D eigenvalue weighted by molar-refractivity contribution is 0.290. The van der Waals surface area contributed by atoms with Gasteiger partial charge >= 0.3 is 0 Å². The highest BCUT2D eigenvalue weighted by atomic mass is 19.1. The second kappa shape index (κ2) is 5.61. The summed E-state index contributed by atoms with van der Waals surface area (Å²) in [5, 5.41) is 13.0. The molecule has 2 aromatic heterocycles. The molecule has 118 valence electrons. The highest BCUT2D eigenvalue weighted by Crippen LogP contribution is 2.31. The van der Waals surface area contributed by atoms with Crippen LogP contribution in [0, 0.1) is 5.82 Å². The molecule has 1 aromatic carbocycles. The van der Waals surface area contributed by atoms with Gasteiger partial charge in [0.05, 0.1) is 18.3 Å². The summed E-state index contributed by atoms with van der Waals surface area (Å²) in [7, 11) is 0. The fourth-order valence-corrected chi connectivity index (χ4v) is 2.83. The van der Waals surface area contributed by atoms with Crippen LogP contribution >= 0.6 is 0 Å². The van der Waals surface area contributed by atoms with Gasteiger partial charge in [0.2, 0.25) is 0 Å². The minimum Gasteiger partial charge on any atom is -0.269 e. The molecule has 1 fully saturated rings. The molecule has 1 saturated carbocycles. The van der Waals surface area contributed by atoms with Crippen molar-refractivity contribution in [2.45, 2.75) is 38.3 Å². The molecule has 0 aliphatic heterocycles. The molecule has 1 aliphatic rings. The lowest BCUT2D eigenvalue weighted by Crippen LogP contribution is -2.17. The van der Waals surface area contributed by atoms with E-state index in [1.54, 1.807) is 10.7 Å². The van der Waals surface area contributed by atoms with Crippen molar-refractivity contribution in [2.75, 3.05) is 0 Å². The molecule has 0 amide bonds. The summed E-state index contributed by atoms with van der Waals surface area (Å²) < 4.78 is 17.1. The Bertz CT molecular complexity index is 818. The number of aromatic nitrogens is 5. The van der Waals surface area contributed by atoms with Crippen LogP contribution in [-0.4, -0.2) is 24.8 Å². The SMILES string of the molecule is C[C@H](c1cccc(F)c1)n1cc(-c2ccn(C3CCC3)n2)nn1. The highest BCUT2D eigenvalue weighted by molar-refractivity contribution is 5.51. The molecule has 1 aliphatic carbocycles. The van der Waals surface area contributed by atoms with Gasteiger partial charge in [0.25, 0.3) is 0 Å². The Hall–Kier alpha value is -2.50. The van der Waals surface area contributed by atoms with Crippen molar-refractivity contribution in [3.63, 3.8) is 0 Å². The van der Waals surface area contributed by atoms with Gasteiger partial charge in [0, 0.05) is 6.20 Å². The first-order chi connectivity index (χ1) is 11.2. The van der Waals surface area contributed by atoms with Gasteiger partial charge in [0.1, 0.15) is 17.2 Å². The first-order valence-corrected chi connectivity index (χ1v) is 7.93. The van der Waals surface area contributed by atoms with Crippen LogP contribution < -0.4 is 0 Å². The van der Waals surface area contributed by atoms with Crippen molar-refractivity contribution in [1.29, 1.82) is 0 Å². The molecule has 1 atom stereocenters. The van der Waals surface area contributed by atoms with Crippen molar-refractivity contribution < 1.29 is 4.39 Å². The molecule has 0 saturated heterocycles. The molecule has 23 heavy (non-hydrogen) atoms. The molecule has 0 unspecified atom stereocenters. The molecule has 2 heterocycles. The van der Waals surface area contributed by atoms with Gasteiger partial charge in [-0.2, -0.15) is 5.10 Å². The average molecular weight is 311 g/mol. The third-order valence-corrected chi connectivity index (χ3v) is 4.56. The largest absolute Gasteiger partial charge is 0.269 e. The Morgan fingerprint density at radius 3 is 2.83 bits per heavy atom. The third kappa shape index (κ3) is 2.65. The number of nitrogens with zero attached hydrogens (tertiary/aromatic N) is 5. The molecule has 0 N–H and O–H groups in total. The first-order valence-electron chi connectivity index (χ1n) is 7.93. The quantitative estimate of drug-likeness (QED) is 0.739. The Balaban J connectivity index is 1.57. The Morgan fingerprint density at radius 1 is 1.22 bits per heavy atom. The van der Waals surface area contributed by atoms with E-state index in [1.807, 2.05) is 36.1 Å². The maximum atomic E-state index is 13.4. The maximum Gasteiger partial charge on any atom is 0.133 e. The van der Waals surface area contributed by atoms with Crippen LogP contribution in [0.2, 0.25) is 0 Å². The predicted molar refractivity (Wildman–Crippen MR) is 84.3 cm³/mol. The maximum absolute atomic E-state index is 13.4. The van der Waals surface area contributed by atoms with E-state index in [2.05, 4.69) is 15.4 Å². The van der Waals surface area contributed by atoms with E-state index in [9.17, 15) is 4.39 Å². The minimum absolute atomic E-state index is 0.0827. The van der Waals surface area contributed by atoms with Gasteiger partial charge < -0.3 is 0 Å². The summed E-state index contributed by atoms with van der Waals surface area (Å²) >= 11 is 0. The zero-order valence-electron chi connectivity index (χ0n) is 12.9. The van der Waals surface area contributed by atoms with Gasteiger partial charge in [-0.15, -0.1) is 5.10 Å². The predicted octanol–water partition coefficient (Wildman–Crippen LogP) is 3.62. The number of hydrogen-bond donors (Lipinski definition) is 0. The van der Waals surface area contributed by atoms with Crippen molar-refractivity contribution in [2.24, 2.45) is 0 Å². The van der Waals surface area contributed by atoms with Crippen LogP contribution in [0.5, 0.6) is 0 Å². The zero-order chi connectivity index (χ0) is 15.8. The van der Waals surface area contributed by atoms with Gasteiger partial charge in [-0.25, -0.2) is 9.07 Å². The molecule has 4 rings (SSSR count). The fraction of sp³-hybridized carbons (Fsp3) is 0.353. The summed E-state index contributed by atoms with van der Waals surface area (Å²) in [5.41, 5.74) is 2.43. The van der Waals surface area contributed by atoms with Crippen LogP contribution in [0.4, 0.5) is 4.39 Å². The summed E-state index contributed by atoms with van der Waals surface area (Å²) in [6.45, 7) is 1.97. The fourth-order valence-electron chi connectivity index (χ4n) is 2.83. The second-order valence-corrected chi connectivity index (χ2v) is 6.08. The van der Waals surface area contributed by atoms with E-state index in [-0.39, 0.29) is 11.9 Å². The average Bonchev–Trinajstić information content (AvgIpc) is 3.13. The smallest absolute Gasteiger partial charge is 0.133 e. The number of rotatable bonds is 4. The van der Waals surface area contributed by atoms with Gasteiger partial charge in [-0.05, 0) is 49.9 Å². The summed E-state index contributed by atoms with van der Waals surface area (Å²) in [4.78, 5) is 0. The zero-order valence-corrected chi connectivity index (χ0v) is 12.9. The Kier molecular flexibility index (Phi) is 3.44. The molecule has 5 nitrogen and oxygen atoms in total. The molecule has 6 heteroatoms. The third-order valence-electron chi connectivity index (χ3n) is 4.56. The van der Waals surface area contributed by atoms with Crippen molar-refractivity contribution in [1.82, 2.24) is 24.8 Å². The lowest BCUT2D eigenvalue weighted by Gasteiger charge is -2.25. The molecule has 0 bridgehead atoms. The van der Waals surface area contributed by atoms with Crippen LogP contribution in [0.1, 0.15) is 43.8 Å². The molecular weight excluding hydrogens is 293 g/mol. The number of halogens is 1. The topological polar surface area (TPSA) is 48.5 Å². The highest BCUT2D eigenvalue weighted by Gasteiger charge is 2.21. The Labute approximate surface area is 133 Å². The first kappa shape index (κ1) is 14.1. The van der Waals surface area contributed by atoms with Crippen LogP contribution in [0.15, 0.2) is 42.7 Å². The van der Waals surface area contributed by atoms with Crippen LogP contribution in [-0.2, 0) is 0 Å². The summed E-state index contributed by atoms with van der Waals surface area (Å²) in [6.07, 6.45) is 7.55. The van der Waals surface area contributed by atoms with Crippen molar-refractivity contribution in [3.8, 4) is 11.4 Å². The van der Waals surface area contributed by atoms with E-state index < -0.39 is 0 Å². The number of benzene rings is 1. The van der Waals surface area contributed by atoms with Gasteiger partial charge in [-0.3, -0.25) is 4.68 Å². The van der Waals surface area contributed by atoms with Crippen molar-refractivity contribution >= 4 is 0 Å². The molecule has 0 spiro atoms. The van der Waals surface area contributed by atoms with Crippen molar-refractivity contribution in [3.05, 3.63) is 54.1 Å². The molecular formula is C17H18FN5. The summed E-state index contributed by atoms with van der Waals surface area (Å²) in [5.74, 6) is -0.242. The molecule has 0 radical (unpaired) electrons. The van der Waals surface area contributed by atoms with Crippen LogP contribution in [0.25, 0.3) is 11.4 Å². The number of hydrogen-bond acceptors (Lipinski definition) is 3. The van der Waals surface area contributed by atoms with E-state index >= 15 is 0 Å². The van der Waals surface area contributed by atoms with E-state index in [1.165, 1.54) is 31.4 Å². The molecule has 3 aromatic rings. The van der Waals surface area contributed by atoms with E-state index in [4.69, 9.17) is 0 Å².